The highest BCUT2D eigenvalue weighted by Gasteiger charge is 1.92. The summed E-state index contributed by atoms with van der Waals surface area (Å²) in [6.45, 7) is 3.72. The molecule has 0 spiro atoms. The normalized spacial score (nSPS) is 10.8. The fraction of sp³-hybridized carbons (Fsp3) is 1.00. The van der Waals surface area contributed by atoms with Crippen molar-refractivity contribution in [2.45, 2.75) is 64.7 Å². The Morgan fingerprint density at radius 2 is 1.27 bits per heavy atom. The van der Waals surface area contributed by atoms with Gasteiger partial charge in [0.25, 0.3) is 0 Å². The lowest BCUT2D eigenvalue weighted by Gasteiger charge is -2.02. The summed E-state index contributed by atoms with van der Waals surface area (Å²) in [5.74, 6) is 0. The second kappa shape index (κ2) is 13.9. The molecule has 0 aliphatic heterocycles. The van der Waals surface area contributed by atoms with Crippen molar-refractivity contribution >= 4 is 0 Å². The highest BCUT2D eigenvalue weighted by Crippen LogP contribution is 2.09. The average Bonchev–Trinajstić information content (AvgIpc) is 2.26. The van der Waals surface area contributed by atoms with Crippen LogP contribution in [0.2, 0.25) is 0 Å². The quantitative estimate of drug-likeness (QED) is 0.506. The van der Waals surface area contributed by atoms with Gasteiger partial charge in [-0.15, -0.1) is 0 Å². The molecule has 92 valence electrons. The Hall–Kier alpha value is -0.0800. The fourth-order valence-electron chi connectivity index (χ4n) is 1.68. The third kappa shape index (κ3) is 13.9. The van der Waals surface area contributed by atoms with Crippen molar-refractivity contribution in [3.05, 3.63) is 0 Å². The molecular weight excluding hydrogens is 188 g/mol. The molecule has 0 saturated heterocycles. The molecule has 0 heterocycles. The minimum Gasteiger partial charge on any atom is -0.394 e. The van der Waals surface area contributed by atoms with Crippen LogP contribution in [0.5, 0.6) is 0 Å². The van der Waals surface area contributed by atoms with Crippen molar-refractivity contribution < 1.29 is 9.84 Å². The van der Waals surface area contributed by atoms with E-state index in [1.807, 2.05) is 0 Å². The summed E-state index contributed by atoms with van der Waals surface area (Å²) in [7, 11) is 0. The van der Waals surface area contributed by atoms with Crippen molar-refractivity contribution in [3.8, 4) is 0 Å². The molecule has 15 heavy (non-hydrogen) atoms. The van der Waals surface area contributed by atoms with Gasteiger partial charge in [-0.3, -0.25) is 0 Å². The number of aliphatic hydroxyl groups is 1. The number of rotatable bonds is 12. The topological polar surface area (TPSA) is 29.5 Å². The van der Waals surface area contributed by atoms with Gasteiger partial charge in [-0.2, -0.15) is 0 Å². The first-order valence-corrected chi connectivity index (χ1v) is 6.60. The standard InChI is InChI=1S/C13H28O2/c1-2-3-4-5-6-7-8-9-10-12-15-13-11-14/h14H,2-13H2,1H3. The molecule has 1 N–H and O–H groups in total. The van der Waals surface area contributed by atoms with Gasteiger partial charge in [0.05, 0.1) is 13.2 Å². The highest BCUT2D eigenvalue weighted by molar-refractivity contribution is 4.46. The van der Waals surface area contributed by atoms with Gasteiger partial charge in [0.15, 0.2) is 0 Å². The minimum absolute atomic E-state index is 0.150. The smallest absolute Gasteiger partial charge is 0.0697 e. The van der Waals surface area contributed by atoms with Gasteiger partial charge in [-0.1, -0.05) is 58.3 Å². The maximum atomic E-state index is 8.48. The van der Waals surface area contributed by atoms with Crippen molar-refractivity contribution in [2.24, 2.45) is 0 Å². The lowest BCUT2D eigenvalue weighted by Crippen LogP contribution is -2.00. The minimum atomic E-state index is 0.150. The van der Waals surface area contributed by atoms with E-state index >= 15 is 0 Å². The molecule has 0 bridgehead atoms. The SMILES string of the molecule is CCCCCCCCCCCOCCO. The van der Waals surface area contributed by atoms with Crippen LogP contribution in [0, 0.1) is 0 Å². The molecule has 0 aromatic carbocycles. The molecule has 2 heteroatoms. The fourth-order valence-corrected chi connectivity index (χ4v) is 1.68. The second-order valence-electron chi connectivity index (χ2n) is 4.16. The molecule has 2 nitrogen and oxygen atoms in total. The van der Waals surface area contributed by atoms with Crippen molar-refractivity contribution in [1.29, 1.82) is 0 Å². The van der Waals surface area contributed by atoms with E-state index in [1.54, 1.807) is 0 Å². The first-order chi connectivity index (χ1) is 7.41. The van der Waals surface area contributed by atoms with E-state index in [0.717, 1.165) is 13.0 Å². The molecule has 0 aromatic heterocycles. The van der Waals surface area contributed by atoms with Crippen LogP contribution in [0.15, 0.2) is 0 Å². The summed E-state index contributed by atoms with van der Waals surface area (Å²) in [6, 6.07) is 0. The van der Waals surface area contributed by atoms with Crippen LogP contribution in [-0.2, 0) is 4.74 Å². The van der Waals surface area contributed by atoms with E-state index in [2.05, 4.69) is 6.92 Å². The van der Waals surface area contributed by atoms with Crippen LogP contribution < -0.4 is 0 Å². The van der Waals surface area contributed by atoms with E-state index in [0.29, 0.717) is 6.61 Å². The molecule has 0 aliphatic rings. The Morgan fingerprint density at radius 3 is 1.80 bits per heavy atom. The summed E-state index contributed by atoms with van der Waals surface area (Å²) in [4.78, 5) is 0. The summed E-state index contributed by atoms with van der Waals surface area (Å²) in [5, 5.41) is 8.48. The zero-order chi connectivity index (χ0) is 11.2. The van der Waals surface area contributed by atoms with Gasteiger partial charge in [-0.25, -0.2) is 0 Å². The molecule has 0 atom stereocenters. The number of unbranched alkanes of at least 4 members (excludes halogenated alkanes) is 8. The average molecular weight is 216 g/mol. The second-order valence-corrected chi connectivity index (χ2v) is 4.16. The van der Waals surface area contributed by atoms with Gasteiger partial charge >= 0.3 is 0 Å². The maximum Gasteiger partial charge on any atom is 0.0697 e. The molecule has 0 rings (SSSR count). The zero-order valence-electron chi connectivity index (χ0n) is 10.3. The Morgan fingerprint density at radius 1 is 0.733 bits per heavy atom. The number of ether oxygens (including phenoxy) is 1. The van der Waals surface area contributed by atoms with Crippen LogP contribution in [0.4, 0.5) is 0 Å². The highest BCUT2D eigenvalue weighted by atomic mass is 16.5. The molecule has 0 radical (unpaired) electrons. The molecule has 0 amide bonds. The zero-order valence-corrected chi connectivity index (χ0v) is 10.3. The Bertz CT molecular complexity index is 92.7. The van der Waals surface area contributed by atoms with E-state index in [9.17, 15) is 0 Å². The molecule has 0 fully saturated rings. The monoisotopic (exact) mass is 216 g/mol. The van der Waals surface area contributed by atoms with E-state index < -0.39 is 0 Å². The number of hydrogen-bond donors (Lipinski definition) is 1. The summed E-state index contributed by atoms with van der Waals surface area (Å²) < 4.78 is 5.19. The Labute approximate surface area is 95.0 Å². The van der Waals surface area contributed by atoms with Gasteiger partial charge in [0, 0.05) is 6.61 Å². The predicted octanol–water partition coefficient (Wildman–Crippen LogP) is 3.53. The Kier molecular flexibility index (Phi) is 13.8. The van der Waals surface area contributed by atoms with Crippen LogP contribution in [0.1, 0.15) is 64.7 Å². The van der Waals surface area contributed by atoms with Crippen LogP contribution in [-0.4, -0.2) is 24.9 Å². The van der Waals surface area contributed by atoms with E-state index in [1.165, 1.54) is 51.4 Å². The van der Waals surface area contributed by atoms with Crippen LogP contribution >= 0.6 is 0 Å². The number of hydrogen-bond acceptors (Lipinski definition) is 2. The third-order valence-corrected chi connectivity index (χ3v) is 2.63. The van der Waals surface area contributed by atoms with E-state index in [4.69, 9.17) is 9.84 Å². The molecule has 0 aromatic rings. The largest absolute Gasteiger partial charge is 0.394 e. The molecule has 0 unspecified atom stereocenters. The van der Waals surface area contributed by atoms with E-state index in [-0.39, 0.29) is 6.61 Å². The number of aliphatic hydroxyl groups excluding tert-OH is 1. The summed E-state index contributed by atoms with van der Waals surface area (Å²) >= 11 is 0. The first kappa shape index (κ1) is 14.9. The van der Waals surface area contributed by atoms with Crippen molar-refractivity contribution in [1.82, 2.24) is 0 Å². The summed E-state index contributed by atoms with van der Waals surface area (Å²) in [6.07, 6.45) is 12.1. The maximum absolute atomic E-state index is 8.48. The van der Waals surface area contributed by atoms with Gasteiger partial charge in [-0.05, 0) is 6.42 Å². The van der Waals surface area contributed by atoms with Crippen molar-refractivity contribution in [2.75, 3.05) is 19.8 Å². The molecule has 0 aliphatic carbocycles. The third-order valence-electron chi connectivity index (χ3n) is 2.63. The van der Waals surface area contributed by atoms with Gasteiger partial charge < -0.3 is 9.84 Å². The lowest BCUT2D eigenvalue weighted by molar-refractivity contribution is 0.0895. The Balaban J connectivity index is 2.81. The lowest BCUT2D eigenvalue weighted by atomic mass is 10.1. The molecule has 0 saturated carbocycles. The van der Waals surface area contributed by atoms with Crippen molar-refractivity contribution in [3.63, 3.8) is 0 Å². The van der Waals surface area contributed by atoms with Crippen LogP contribution in [0.25, 0.3) is 0 Å². The summed E-state index contributed by atoms with van der Waals surface area (Å²) in [5.41, 5.74) is 0. The van der Waals surface area contributed by atoms with Crippen LogP contribution in [0.3, 0.4) is 0 Å². The predicted molar refractivity (Wildman–Crippen MR) is 65.1 cm³/mol. The van der Waals surface area contributed by atoms with Gasteiger partial charge in [0.1, 0.15) is 0 Å². The molecular formula is C13H28O2. The van der Waals surface area contributed by atoms with Gasteiger partial charge in [0.2, 0.25) is 0 Å². The first-order valence-electron chi connectivity index (χ1n) is 6.60.